The van der Waals surface area contributed by atoms with Crippen molar-refractivity contribution in [3.63, 3.8) is 0 Å². The first-order chi connectivity index (χ1) is 15.0. The SMILES string of the molecule is C[NH+](C)Cc1ccc(CNC(=O)CNC(=O)c2ccc(Oc3ccccc3)cc2)cc1. The maximum absolute atomic E-state index is 12.3. The number of carbonyl (C=O) groups is 2. The summed E-state index contributed by atoms with van der Waals surface area (Å²) < 4.78 is 5.71. The number of rotatable bonds is 9. The molecule has 0 aromatic heterocycles. The minimum Gasteiger partial charge on any atom is -0.457 e. The molecule has 0 aliphatic carbocycles. The predicted molar refractivity (Wildman–Crippen MR) is 120 cm³/mol. The van der Waals surface area contributed by atoms with Gasteiger partial charge in [0.25, 0.3) is 5.91 Å². The van der Waals surface area contributed by atoms with E-state index in [2.05, 4.69) is 36.9 Å². The summed E-state index contributed by atoms with van der Waals surface area (Å²) in [6, 6.07) is 24.4. The summed E-state index contributed by atoms with van der Waals surface area (Å²) in [7, 11) is 4.21. The van der Waals surface area contributed by atoms with E-state index in [4.69, 9.17) is 4.74 Å². The van der Waals surface area contributed by atoms with Crippen LogP contribution in [-0.4, -0.2) is 32.5 Å². The van der Waals surface area contributed by atoms with Gasteiger partial charge in [-0.3, -0.25) is 9.59 Å². The molecule has 0 saturated carbocycles. The second-order valence-corrected chi connectivity index (χ2v) is 7.60. The molecule has 3 aromatic carbocycles. The third-order valence-electron chi connectivity index (χ3n) is 4.58. The van der Waals surface area contributed by atoms with Crippen LogP contribution in [0.1, 0.15) is 21.5 Å². The second-order valence-electron chi connectivity index (χ2n) is 7.60. The molecule has 3 rings (SSSR count). The molecule has 0 heterocycles. The van der Waals surface area contributed by atoms with Gasteiger partial charge in [0.1, 0.15) is 18.0 Å². The molecule has 0 fully saturated rings. The number of hydrogen-bond donors (Lipinski definition) is 3. The van der Waals surface area contributed by atoms with Crippen molar-refractivity contribution in [2.45, 2.75) is 13.1 Å². The zero-order valence-electron chi connectivity index (χ0n) is 17.9. The molecule has 0 radical (unpaired) electrons. The van der Waals surface area contributed by atoms with E-state index in [0.717, 1.165) is 17.9 Å². The van der Waals surface area contributed by atoms with E-state index < -0.39 is 0 Å². The van der Waals surface area contributed by atoms with Crippen LogP contribution < -0.4 is 20.3 Å². The fraction of sp³-hybridized carbons (Fsp3) is 0.200. The maximum Gasteiger partial charge on any atom is 0.251 e. The van der Waals surface area contributed by atoms with Gasteiger partial charge in [-0.2, -0.15) is 0 Å². The van der Waals surface area contributed by atoms with Crippen molar-refractivity contribution in [3.8, 4) is 11.5 Å². The Morgan fingerprint density at radius 1 is 0.774 bits per heavy atom. The van der Waals surface area contributed by atoms with Gasteiger partial charge in [0, 0.05) is 17.7 Å². The Balaban J connectivity index is 1.42. The molecule has 3 N–H and O–H groups in total. The van der Waals surface area contributed by atoms with Crippen LogP contribution in [0, 0.1) is 0 Å². The van der Waals surface area contributed by atoms with Gasteiger partial charge in [0.15, 0.2) is 0 Å². The Labute approximate surface area is 182 Å². The van der Waals surface area contributed by atoms with Gasteiger partial charge in [-0.25, -0.2) is 0 Å². The Kier molecular flexibility index (Phi) is 7.79. The molecule has 0 spiro atoms. The van der Waals surface area contributed by atoms with E-state index in [-0.39, 0.29) is 18.4 Å². The van der Waals surface area contributed by atoms with Crippen LogP contribution in [0.4, 0.5) is 0 Å². The first-order valence-electron chi connectivity index (χ1n) is 10.2. The summed E-state index contributed by atoms with van der Waals surface area (Å²) >= 11 is 0. The standard InChI is InChI=1S/C25H27N3O3/c1-28(2)18-20-10-8-19(9-11-20)16-26-24(29)17-27-25(30)21-12-14-23(15-13-21)31-22-6-4-3-5-7-22/h3-15H,16-18H2,1-2H3,(H,26,29)(H,27,30)/p+1. The fourth-order valence-corrected chi connectivity index (χ4v) is 3.01. The highest BCUT2D eigenvalue weighted by atomic mass is 16.5. The Bertz CT molecular complexity index is 985. The number of nitrogens with one attached hydrogen (secondary N) is 3. The van der Waals surface area contributed by atoms with Gasteiger partial charge >= 0.3 is 0 Å². The van der Waals surface area contributed by atoms with Crippen LogP contribution in [0.2, 0.25) is 0 Å². The Hall–Kier alpha value is -3.64. The lowest BCUT2D eigenvalue weighted by Crippen LogP contribution is -3.04. The van der Waals surface area contributed by atoms with Crippen LogP contribution in [-0.2, 0) is 17.9 Å². The minimum absolute atomic E-state index is 0.0802. The number of ether oxygens (including phenoxy) is 1. The van der Waals surface area contributed by atoms with Gasteiger partial charge in [0.2, 0.25) is 5.91 Å². The van der Waals surface area contributed by atoms with Gasteiger partial charge in [-0.05, 0) is 42.0 Å². The summed E-state index contributed by atoms with van der Waals surface area (Å²) in [6.45, 7) is 1.30. The third kappa shape index (κ3) is 7.28. The molecule has 31 heavy (non-hydrogen) atoms. The summed E-state index contributed by atoms with van der Waals surface area (Å²) in [5, 5.41) is 5.46. The average Bonchev–Trinajstić information content (AvgIpc) is 2.78. The minimum atomic E-state index is -0.308. The summed E-state index contributed by atoms with van der Waals surface area (Å²) in [4.78, 5) is 25.7. The topological polar surface area (TPSA) is 71.9 Å². The first kappa shape index (κ1) is 22.1. The maximum atomic E-state index is 12.3. The van der Waals surface area contributed by atoms with Crippen LogP contribution in [0.3, 0.4) is 0 Å². The molecule has 0 aliphatic heterocycles. The molecule has 0 atom stereocenters. The van der Waals surface area contributed by atoms with E-state index in [1.807, 2.05) is 42.5 Å². The molecule has 3 aromatic rings. The van der Waals surface area contributed by atoms with Gasteiger partial charge in [-0.15, -0.1) is 0 Å². The number of hydrogen-bond acceptors (Lipinski definition) is 3. The lowest BCUT2D eigenvalue weighted by Gasteiger charge is -2.10. The number of benzene rings is 3. The summed E-state index contributed by atoms with van der Waals surface area (Å²) in [5.41, 5.74) is 2.74. The summed E-state index contributed by atoms with van der Waals surface area (Å²) in [6.07, 6.45) is 0. The zero-order chi connectivity index (χ0) is 22.1. The van der Waals surface area contributed by atoms with Gasteiger partial charge in [0.05, 0.1) is 20.6 Å². The second kappa shape index (κ2) is 10.9. The van der Waals surface area contributed by atoms with Crippen molar-refractivity contribution < 1.29 is 19.2 Å². The van der Waals surface area contributed by atoms with Crippen molar-refractivity contribution >= 4 is 11.8 Å². The van der Waals surface area contributed by atoms with Crippen LogP contribution in [0.5, 0.6) is 11.5 Å². The van der Waals surface area contributed by atoms with E-state index in [1.165, 1.54) is 10.5 Å². The van der Waals surface area contributed by atoms with Crippen molar-refractivity contribution in [3.05, 3.63) is 95.6 Å². The third-order valence-corrected chi connectivity index (χ3v) is 4.58. The molecular weight excluding hydrogens is 390 g/mol. The quantitative estimate of drug-likeness (QED) is 0.499. The number of para-hydroxylation sites is 1. The first-order valence-corrected chi connectivity index (χ1v) is 10.2. The molecule has 0 bridgehead atoms. The van der Waals surface area contributed by atoms with Crippen LogP contribution >= 0.6 is 0 Å². The average molecular weight is 419 g/mol. The molecule has 2 amide bonds. The Morgan fingerprint density at radius 3 is 2.03 bits per heavy atom. The monoisotopic (exact) mass is 418 g/mol. The van der Waals surface area contributed by atoms with E-state index in [1.54, 1.807) is 24.3 Å². The molecule has 160 valence electrons. The van der Waals surface area contributed by atoms with Crippen LogP contribution in [0.25, 0.3) is 0 Å². The number of carbonyl (C=O) groups excluding carboxylic acids is 2. The normalized spacial score (nSPS) is 10.5. The van der Waals surface area contributed by atoms with Gasteiger partial charge in [-0.1, -0.05) is 42.5 Å². The molecule has 0 unspecified atom stereocenters. The smallest absolute Gasteiger partial charge is 0.251 e. The highest BCUT2D eigenvalue weighted by Gasteiger charge is 2.09. The van der Waals surface area contributed by atoms with Crippen molar-refractivity contribution in [1.29, 1.82) is 0 Å². The molecule has 6 nitrogen and oxygen atoms in total. The molecular formula is C25H28N3O3+. The number of amides is 2. The predicted octanol–water partition coefficient (Wildman–Crippen LogP) is 2.17. The van der Waals surface area contributed by atoms with Crippen molar-refractivity contribution in [2.24, 2.45) is 0 Å². The van der Waals surface area contributed by atoms with Gasteiger partial charge < -0.3 is 20.3 Å². The molecule has 0 aliphatic rings. The highest BCUT2D eigenvalue weighted by Crippen LogP contribution is 2.21. The van der Waals surface area contributed by atoms with E-state index in [9.17, 15) is 9.59 Å². The van der Waals surface area contributed by atoms with Crippen molar-refractivity contribution in [2.75, 3.05) is 20.6 Å². The molecule has 0 saturated heterocycles. The largest absolute Gasteiger partial charge is 0.457 e. The fourth-order valence-electron chi connectivity index (χ4n) is 3.01. The highest BCUT2D eigenvalue weighted by molar-refractivity contribution is 5.96. The van der Waals surface area contributed by atoms with E-state index >= 15 is 0 Å². The zero-order valence-corrected chi connectivity index (χ0v) is 17.9. The van der Waals surface area contributed by atoms with Crippen LogP contribution in [0.15, 0.2) is 78.9 Å². The molecule has 6 heteroatoms. The lowest BCUT2D eigenvalue weighted by molar-refractivity contribution is -0.872. The summed E-state index contributed by atoms with van der Waals surface area (Å²) in [5.74, 6) is 0.819. The lowest BCUT2D eigenvalue weighted by atomic mass is 10.1. The number of quaternary nitrogens is 1. The van der Waals surface area contributed by atoms with Crippen molar-refractivity contribution in [1.82, 2.24) is 10.6 Å². The van der Waals surface area contributed by atoms with E-state index in [0.29, 0.717) is 17.9 Å². The Morgan fingerprint density at radius 2 is 1.39 bits per heavy atom.